The molecule has 1 aromatic carbocycles. The molecule has 1 unspecified atom stereocenters. The number of nitrogens with zero attached hydrogens (tertiary/aromatic N) is 2. The third-order valence-electron chi connectivity index (χ3n) is 5.12. The normalized spacial score (nSPS) is 22.1. The second kappa shape index (κ2) is 7.95. The Morgan fingerprint density at radius 3 is 2.52 bits per heavy atom. The van der Waals surface area contributed by atoms with Gasteiger partial charge in [0.15, 0.2) is 0 Å². The van der Waals surface area contributed by atoms with Gasteiger partial charge in [-0.25, -0.2) is 4.39 Å². The molecule has 3 rings (SSSR count). The SMILES string of the molecule is CCC(C(=O)N1CCC[C@@H]1C(=O)N1CCOCC1)c1ccc(F)cc1. The van der Waals surface area contributed by atoms with E-state index in [-0.39, 0.29) is 29.6 Å². The summed E-state index contributed by atoms with van der Waals surface area (Å²) in [5.41, 5.74) is 0.804. The van der Waals surface area contributed by atoms with E-state index in [2.05, 4.69) is 0 Å². The van der Waals surface area contributed by atoms with Crippen LogP contribution < -0.4 is 0 Å². The molecule has 2 aliphatic heterocycles. The molecule has 2 fully saturated rings. The Balaban J connectivity index is 1.74. The van der Waals surface area contributed by atoms with E-state index in [9.17, 15) is 14.0 Å². The molecule has 0 N–H and O–H groups in total. The maximum atomic E-state index is 13.2. The van der Waals surface area contributed by atoms with Gasteiger partial charge in [0, 0.05) is 19.6 Å². The summed E-state index contributed by atoms with van der Waals surface area (Å²) in [5, 5.41) is 0. The minimum Gasteiger partial charge on any atom is -0.378 e. The Morgan fingerprint density at radius 1 is 1.20 bits per heavy atom. The Labute approximate surface area is 147 Å². The van der Waals surface area contributed by atoms with Crippen LogP contribution in [0.2, 0.25) is 0 Å². The number of likely N-dealkylation sites (tertiary alicyclic amines) is 1. The quantitative estimate of drug-likeness (QED) is 0.838. The molecule has 0 bridgehead atoms. The number of hydrogen-bond acceptors (Lipinski definition) is 3. The molecule has 2 atom stereocenters. The zero-order valence-electron chi connectivity index (χ0n) is 14.6. The van der Waals surface area contributed by atoms with E-state index in [1.54, 1.807) is 21.9 Å². The van der Waals surface area contributed by atoms with Gasteiger partial charge < -0.3 is 14.5 Å². The van der Waals surface area contributed by atoms with Crippen molar-refractivity contribution in [2.45, 2.75) is 38.1 Å². The van der Waals surface area contributed by atoms with Crippen LogP contribution in [-0.4, -0.2) is 60.5 Å². The summed E-state index contributed by atoms with van der Waals surface area (Å²) in [6.45, 7) is 4.84. The Hall–Kier alpha value is -1.95. The van der Waals surface area contributed by atoms with E-state index in [1.807, 2.05) is 6.92 Å². The van der Waals surface area contributed by atoms with Gasteiger partial charge in [-0.2, -0.15) is 0 Å². The fraction of sp³-hybridized carbons (Fsp3) is 0.579. The van der Waals surface area contributed by atoms with Crippen molar-refractivity contribution < 1.29 is 18.7 Å². The first-order valence-corrected chi connectivity index (χ1v) is 9.04. The summed E-state index contributed by atoms with van der Waals surface area (Å²) < 4.78 is 18.5. The molecule has 25 heavy (non-hydrogen) atoms. The first-order valence-electron chi connectivity index (χ1n) is 9.04. The Bertz CT molecular complexity index is 614. The largest absolute Gasteiger partial charge is 0.378 e. The van der Waals surface area contributed by atoms with E-state index in [1.165, 1.54) is 12.1 Å². The molecule has 0 spiro atoms. The molecule has 1 aromatic rings. The van der Waals surface area contributed by atoms with Crippen molar-refractivity contribution in [3.8, 4) is 0 Å². The lowest BCUT2D eigenvalue weighted by Gasteiger charge is -2.34. The van der Waals surface area contributed by atoms with Crippen LogP contribution in [0.1, 0.15) is 37.7 Å². The second-order valence-electron chi connectivity index (χ2n) is 6.64. The van der Waals surface area contributed by atoms with Crippen molar-refractivity contribution in [2.75, 3.05) is 32.8 Å². The van der Waals surface area contributed by atoms with Crippen LogP contribution in [0.15, 0.2) is 24.3 Å². The predicted octanol–water partition coefficient (Wildman–Crippen LogP) is 2.17. The molecule has 136 valence electrons. The molecular weight excluding hydrogens is 323 g/mol. The lowest BCUT2D eigenvalue weighted by molar-refractivity contribution is -0.147. The third kappa shape index (κ3) is 3.84. The average molecular weight is 348 g/mol. The molecule has 5 nitrogen and oxygen atoms in total. The van der Waals surface area contributed by atoms with Gasteiger partial charge in [-0.1, -0.05) is 19.1 Å². The van der Waals surface area contributed by atoms with Gasteiger partial charge in [0.05, 0.1) is 19.1 Å². The monoisotopic (exact) mass is 348 g/mol. The molecule has 0 saturated carbocycles. The lowest BCUT2D eigenvalue weighted by Crippen LogP contribution is -2.51. The summed E-state index contributed by atoms with van der Waals surface area (Å²) in [4.78, 5) is 29.5. The van der Waals surface area contributed by atoms with E-state index in [4.69, 9.17) is 4.74 Å². The fourth-order valence-corrected chi connectivity index (χ4v) is 3.73. The molecule has 2 saturated heterocycles. The topological polar surface area (TPSA) is 49.9 Å². The number of morpholine rings is 1. The van der Waals surface area contributed by atoms with Crippen molar-refractivity contribution in [1.29, 1.82) is 0 Å². The summed E-state index contributed by atoms with van der Waals surface area (Å²) in [6.07, 6.45) is 2.17. The fourth-order valence-electron chi connectivity index (χ4n) is 3.73. The van der Waals surface area contributed by atoms with Crippen LogP contribution in [0.25, 0.3) is 0 Å². The second-order valence-corrected chi connectivity index (χ2v) is 6.64. The number of amides is 2. The maximum absolute atomic E-state index is 13.2. The third-order valence-corrected chi connectivity index (χ3v) is 5.12. The van der Waals surface area contributed by atoms with Crippen LogP contribution >= 0.6 is 0 Å². The number of rotatable bonds is 4. The number of ether oxygens (including phenoxy) is 1. The van der Waals surface area contributed by atoms with E-state index >= 15 is 0 Å². The van der Waals surface area contributed by atoms with Gasteiger partial charge in [-0.15, -0.1) is 0 Å². The summed E-state index contributed by atoms with van der Waals surface area (Å²) in [7, 11) is 0. The number of benzene rings is 1. The molecule has 0 radical (unpaired) electrons. The van der Waals surface area contributed by atoms with E-state index < -0.39 is 0 Å². The van der Waals surface area contributed by atoms with E-state index in [0.29, 0.717) is 45.7 Å². The Morgan fingerprint density at radius 2 is 1.88 bits per heavy atom. The molecular formula is C19H25FN2O3. The number of hydrogen-bond donors (Lipinski definition) is 0. The first-order chi connectivity index (χ1) is 12.1. The standard InChI is InChI=1S/C19H25FN2O3/c1-2-16(14-5-7-15(20)8-6-14)18(23)22-9-3-4-17(22)19(24)21-10-12-25-13-11-21/h5-8,16-17H,2-4,9-13H2,1H3/t16?,17-/m1/s1. The van der Waals surface area contributed by atoms with Crippen LogP contribution in [-0.2, 0) is 14.3 Å². The highest BCUT2D eigenvalue weighted by Gasteiger charge is 2.39. The van der Waals surface area contributed by atoms with Gasteiger partial charge in [0.1, 0.15) is 11.9 Å². The van der Waals surface area contributed by atoms with Gasteiger partial charge in [-0.3, -0.25) is 9.59 Å². The zero-order valence-corrected chi connectivity index (χ0v) is 14.6. The van der Waals surface area contributed by atoms with Gasteiger partial charge in [0.2, 0.25) is 11.8 Å². The van der Waals surface area contributed by atoms with Gasteiger partial charge in [-0.05, 0) is 37.0 Å². The van der Waals surface area contributed by atoms with Crippen LogP contribution in [0, 0.1) is 5.82 Å². The van der Waals surface area contributed by atoms with E-state index in [0.717, 1.165) is 12.0 Å². The number of carbonyl (C=O) groups is 2. The molecule has 2 aliphatic rings. The minimum atomic E-state index is -0.375. The Kier molecular flexibility index (Phi) is 5.68. The molecule has 0 aliphatic carbocycles. The summed E-state index contributed by atoms with van der Waals surface area (Å²) in [6, 6.07) is 5.71. The zero-order chi connectivity index (χ0) is 17.8. The molecule has 2 amide bonds. The van der Waals surface area contributed by atoms with Crippen LogP contribution in [0.5, 0.6) is 0 Å². The van der Waals surface area contributed by atoms with Crippen molar-refractivity contribution in [2.24, 2.45) is 0 Å². The lowest BCUT2D eigenvalue weighted by atomic mass is 9.94. The van der Waals surface area contributed by atoms with Crippen molar-refractivity contribution >= 4 is 11.8 Å². The van der Waals surface area contributed by atoms with Crippen LogP contribution in [0.3, 0.4) is 0 Å². The smallest absolute Gasteiger partial charge is 0.245 e. The highest BCUT2D eigenvalue weighted by atomic mass is 19.1. The summed E-state index contributed by atoms with van der Waals surface area (Å²) in [5.74, 6) is -0.646. The average Bonchev–Trinajstić information content (AvgIpc) is 3.13. The summed E-state index contributed by atoms with van der Waals surface area (Å²) >= 11 is 0. The highest BCUT2D eigenvalue weighted by molar-refractivity contribution is 5.91. The number of carbonyl (C=O) groups excluding carboxylic acids is 2. The first kappa shape index (κ1) is 17.9. The van der Waals surface area contributed by atoms with Crippen molar-refractivity contribution in [3.05, 3.63) is 35.6 Å². The molecule has 0 aromatic heterocycles. The highest BCUT2D eigenvalue weighted by Crippen LogP contribution is 2.28. The van der Waals surface area contributed by atoms with Crippen molar-refractivity contribution in [3.63, 3.8) is 0 Å². The van der Waals surface area contributed by atoms with Crippen LogP contribution in [0.4, 0.5) is 4.39 Å². The molecule has 6 heteroatoms. The predicted molar refractivity (Wildman–Crippen MR) is 91.6 cm³/mol. The number of halogens is 1. The minimum absolute atomic E-state index is 0.0294. The molecule has 2 heterocycles. The maximum Gasteiger partial charge on any atom is 0.245 e. The van der Waals surface area contributed by atoms with Gasteiger partial charge in [0.25, 0.3) is 0 Å². The van der Waals surface area contributed by atoms with Gasteiger partial charge >= 0.3 is 0 Å². The van der Waals surface area contributed by atoms with Crippen molar-refractivity contribution in [1.82, 2.24) is 9.80 Å².